The van der Waals surface area contributed by atoms with Crippen LogP contribution in [0.15, 0.2) is 109 Å². The van der Waals surface area contributed by atoms with Crippen molar-refractivity contribution in [3.05, 3.63) is 120 Å². The monoisotopic (exact) mass is 582 g/mol. The summed E-state index contributed by atoms with van der Waals surface area (Å²) in [4.78, 5) is 69.2. The lowest BCUT2D eigenvalue weighted by Crippen LogP contribution is -2.90. The Morgan fingerprint density at radius 3 is 1.20 bits per heavy atom. The summed E-state index contributed by atoms with van der Waals surface area (Å²) in [5.41, 5.74) is -0.336. The first-order valence-corrected chi connectivity index (χ1v) is 14.5. The molecule has 3 saturated heterocycles. The third-order valence-electron chi connectivity index (χ3n) is 10.1. The molecular formula is C34H26N6O4. The van der Waals surface area contributed by atoms with E-state index in [2.05, 4.69) is 0 Å². The number of likely N-dealkylation sites (N-methyl/N-ethyl adjacent to an activating group) is 2. The van der Waals surface area contributed by atoms with Crippen molar-refractivity contribution < 1.29 is 19.2 Å². The molecule has 216 valence electrons. The van der Waals surface area contributed by atoms with Crippen LogP contribution in [0, 0.1) is 0 Å². The highest BCUT2D eigenvalue weighted by molar-refractivity contribution is 6.38. The van der Waals surface area contributed by atoms with Gasteiger partial charge in [-0.3, -0.25) is 29.2 Å². The maximum absolute atomic E-state index is 15.4. The van der Waals surface area contributed by atoms with E-state index < -0.39 is 47.3 Å². The van der Waals surface area contributed by atoms with Crippen LogP contribution in [0.3, 0.4) is 0 Å². The van der Waals surface area contributed by atoms with Crippen LogP contribution in [-0.2, 0) is 9.59 Å². The molecule has 0 saturated carbocycles. The Morgan fingerprint density at radius 2 is 0.818 bits per heavy atom. The molecule has 0 radical (unpaired) electrons. The number of hydrogen-bond donors (Lipinski definition) is 0. The summed E-state index contributed by atoms with van der Waals surface area (Å²) >= 11 is 0. The van der Waals surface area contributed by atoms with Gasteiger partial charge in [-0.05, 0) is 61.6 Å². The Kier molecular flexibility index (Phi) is 4.69. The SMILES string of the molecule is CN1C2c3ccccc3N3C(=O)N(c4ccccc4)C(=O)C31C13C(=O)N(c4ccccc4)C(=O)N1c1ccccc1C2N3C. The van der Waals surface area contributed by atoms with Crippen LogP contribution in [0.1, 0.15) is 23.2 Å². The highest BCUT2D eigenvalue weighted by Gasteiger charge is 2.87. The molecule has 5 heterocycles. The van der Waals surface area contributed by atoms with Crippen LogP contribution in [-0.4, -0.2) is 59.1 Å². The van der Waals surface area contributed by atoms with Crippen LogP contribution in [0.2, 0.25) is 0 Å². The van der Waals surface area contributed by atoms with E-state index in [9.17, 15) is 9.59 Å². The van der Waals surface area contributed by atoms with Crippen molar-refractivity contribution in [3.8, 4) is 0 Å². The van der Waals surface area contributed by atoms with Crippen LogP contribution in [0.25, 0.3) is 0 Å². The van der Waals surface area contributed by atoms with E-state index in [1.54, 1.807) is 62.6 Å². The molecule has 6 amide bonds. The molecular weight excluding hydrogens is 556 g/mol. The zero-order chi connectivity index (χ0) is 30.1. The Hall–Kier alpha value is -5.32. The molecule has 2 spiro atoms. The number of benzene rings is 4. The minimum atomic E-state index is -1.95. The molecule has 10 nitrogen and oxygen atoms in total. The molecule has 44 heavy (non-hydrogen) atoms. The third-order valence-corrected chi connectivity index (χ3v) is 10.1. The average Bonchev–Trinajstić information content (AvgIpc) is 3.43. The highest BCUT2D eigenvalue weighted by Crippen LogP contribution is 2.67. The predicted octanol–water partition coefficient (Wildman–Crippen LogP) is 4.71. The topological polar surface area (TPSA) is 87.7 Å². The van der Waals surface area contributed by atoms with E-state index in [0.29, 0.717) is 22.7 Å². The lowest BCUT2D eigenvalue weighted by atomic mass is 9.70. The van der Waals surface area contributed by atoms with Crippen molar-refractivity contribution in [2.45, 2.75) is 23.4 Å². The Bertz CT molecular complexity index is 1810. The number of carbonyl (C=O) groups is 4. The first kappa shape index (κ1) is 25.2. The minimum absolute atomic E-state index is 0.384. The average molecular weight is 583 g/mol. The fraction of sp³-hybridized carbons (Fsp3) is 0.176. The van der Waals surface area contributed by atoms with Crippen LogP contribution in [0.5, 0.6) is 0 Å². The molecule has 5 aliphatic heterocycles. The summed E-state index contributed by atoms with van der Waals surface area (Å²) in [6, 6.07) is 30.6. The van der Waals surface area contributed by atoms with Gasteiger partial charge in [0.1, 0.15) is 0 Å². The zero-order valence-electron chi connectivity index (χ0n) is 23.9. The second kappa shape index (κ2) is 8.19. The molecule has 4 unspecified atom stereocenters. The van der Waals surface area contributed by atoms with Crippen molar-refractivity contribution >= 4 is 46.6 Å². The van der Waals surface area contributed by atoms with Gasteiger partial charge in [-0.25, -0.2) is 19.4 Å². The molecule has 4 aromatic rings. The molecule has 5 aliphatic rings. The normalized spacial score (nSPS) is 28.7. The Labute approximate surface area is 252 Å². The van der Waals surface area contributed by atoms with Crippen molar-refractivity contribution in [1.29, 1.82) is 0 Å². The Morgan fingerprint density at radius 1 is 0.477 bits per heavy atom. The van der Waals surface area contributed by atoms with Gasteiger partial charge < -0.3 is 0 Å². The summed E-state index contributed by atoms with van der Waals surface area (Å²) in [5.74, 6) is -1.19. The number of nitrogens with zero attached hydrogens (tertiary/aromatic N) is 6. The molecule has 0 aliphatic carbocycles. The van der Waals surface area contributed by atoms with Crippen molar-refractivity contribution in [2.75, 3.05) is 33.7 Å². The van der Waals surface area contributed by atoms with Gasteiger partial charge in [0.25, 0.3) is 11.8 Å². The quantitative estimate of drug-likeness (QED) is 0.318. The number of para-hydroxylation sites is 4. The van der Waals surface area contributed by atoms with E-state index in [0.717, 1.165) is 20.9 Å². The second-order valence-electron chi connectivity index (χ2n) is 11.8. The summed E-state index contributed by atoms with van der Waals surface area (Å²) in [7, 11) is 3.59. The van der Waals surface area contributed by atoms with Gasteiger partial charge in [0.05, 0.1) is 34.8 Å². The smallest absolute Gasteiger partial charge is 0.269 e. The molecule has 0 aromatic heterocycles. The first-order chi connectivity index (χ1) is 21.4. The number of fused-ring (bicyclic) bond motifs is 9. The van der Waals surface area contributed by atoms with Gasteiger partial charge in [-0.15, -0.1) is 0 Å². The number of carbonyl (C=O) groups excluding carboxylic acids is 4. The lowest BCUT2D eigenvalue weighted by Gasteiger charge is -2.69. The van der Waals surface area contributed by atoms with Gasteiger partial charge in [0, 0.05) is 0 Å². The van der Waals surface area contributed by atoms with Gasteiger partial charge in [0.15, 0.2) is 0 Å². The van der Waals surface area contributed by atoms with Gasteiger partial charge in [0.2, 0.25) is 11.3 Å². The first-order valence-electron chi connectivity index (χ1n) is 14.5. The predicted molar refractivity (Wildman–Crippen MR) is 163 cm³/mol. The van der Waals surface area contributed by atoms with Crippen molar-refractivity contribution in [2.24, 2.45) is 0 Å². The van der Waals surface area contributed by atoms with Crippen LogP contribution >= 0.6 is 0 Å². The molecule has 9 rings (SSSR count). The fourth-order valence-corrected chi connectivity index (χ4v) is 8.50. The largest absolute Gasteiger partial charge is 0.338 e. The standard InChI is InChI=1S/C34H26N6O4/c1-35-27-23-17-9-11-19-25(23)39-31(43)37(21-13-5-3-6-14-21)29(41)33(35,39)34-30(42)38(22-15-7-4-8-16-22)32(44)40(34)26-20-12-10-18-24(26)28(27)36(34)2/h3-20,27-28H,1-2H3. The van der Waals surface area contributed by atoms with Crippen molar-refractivity contribution in [3.63, 3.8) is 0 Å². The van der Waals surface area contributed by atoms with Gasteiger partial charge in [-0.1, -0.05) is 72.8 Å². The maximum atomic E-state index is 15.4. The van der Waals surface area contributed by atoms with E-state index in [1.165, 1.54) is 9.80 Å². The number of urea groups is 2. The van der Waals surface area contributed by atoms with Gasteiger partial charge in [-0.2, -0.15) is 0 Å². The molecule has 10 heteroatoms. The number of hydrogen-bond acceptors (Lipinski definition) is 6. The molecule has 0 N–H and O–H groups in total. The molecule has 4 atom stereocenters. The number of imide groups is 2. The fourth-order valence-electron chi connectivity index (χ4n) is 8.50. The van der Waals surface area contributed by atoms with Gasteiger partial charge >= 0.3 is 12.1 Å². The summed E-state index contributed by atoms with van der Waals surface area (Å²) in [5, 5.41) is 0. The number of amides is 6. The van der Waals surface area contributed by atoms with Crippen molar-refractivity contribution in [1.82, 2.24) is 9.80 Å². The number of rotatable bonds is 2. The van der Waals surface area contributed by atoms with E-state index in [-0.39, 0.29) is 0 Å². The second-order valence-corrected chi connectivity index (χ2v) is 11.8. The van der Waals surface area contributed by atoms with E-state index >= 15 is 9.59 Å². The summed E-state index contributed by atoms with van der Waals surface area (Å²) in [6.07, 6.45) is 0. The van der Waals surface area contributed by atoms with Crippen LogP contribution in [0.4, 0.5) is 32.3 Å². The molecule has 4 aromatic carbocycles. The summed E-state index contributed by atoms with van der Waals surface area (Å²) in [6.45, 7) is 0. The third kappa shape index (κ3) is 2.46. The van der Waals surface area contributed by atoms with E-state index in [1.807, 2.05) is 70.5 Å². The number of anilines is 4. The molecule has 4 bridgehead atoms. The van der Waals surface area contributed by atoms with E-state index in [4.69, 9.17) is 0 Å². The lowest BCUT2D eigenvalue weighted by molar-refractivity contribution is -0.179. The minimum Gasteiger partial charge on any atom is -0.269 e. The zero-order valence-corrected chi connectivity index (χ0v) is 23.9. The number of piperazine rings is 1. The molecule has 3 fully saturated rings. The summed E-state index contributed by atoms with van der Waals surface area (Å²) < 4.78 is 0. The Balaban J connectivity index is 1.44. The maximum Gasteiger partial charge on any atom is 0.338 e. The van der Waals surface area contributed by atoms with Crippen LogP contribution < -0.4 is 19.6 Å². The highest BCUT2D eigenvalue weighted by atomic mass is 16.2.